The first-order chi connectivity index (χ1) is 13.7. The van der Waals surface area contributed by atoms with Gasteiger partial charge in [-0.3, -0.25) is 4.99 Å². The molecule has 8 heteroatoms. The van der Waals surface area contributed by atoms with Gasteiger partial charge in [-0.05, 0) is 36.9 Å². The molecule has 0 bridgehead atoms. The van der Waals surface area contributed by atoms with E-state index < -0.39 is 0 Å². The standard InChI is InChI=1S/C20H24ClN5OS/c1-3-22-20(26(2)12-10-17-8-5-13-28-17)23-11-9-18-24-19(25-27-18)15-6-4-7-16(21)14-15/h4-8,13-14H,3,9-12H2,1-2H3,(H,22,23). The summed E-state index contributed by atoms with van der Waals surface area (Å²) in [5.41, 5.74) is 0.840. The number of thiophene rings is 1. The summed E-state index contributed by atoms with van der Waals surface area (Å²) < 4.78 is 5.35. The van der Waals surface area contributed by atoms with Crippen molar-refractivity contribution in [3.8, 4) is 11.4 Å². The number of nitrogens with one attached hydrogen (secondary N) is 1. The quantitative estimate of drug-likeness (QED) is 0.441. The third-order valence-corrected chi connectivity index (χ3v) is 5.28. The molecule has 3 aromatic rings. The van der Waals surface area contributed by atoms with Crippen LogP contribution in [-0.4, -0.2) is 47.7 Å². The van der Waals surface area contributed by atoms with Crippen LogP contribution < -0.4 is 5.32 Å². The van der Waals surface area contributed by atoms with Crippen molar-refractivity contribution in [2.45, 2.75) is 19.8 Å². The topological polar surface area (TPSA) is 66.5 Å². The Labute approximate surface area is 174 Å². The Morgan fingerprint density at radius 3 is 2.93 bits per heavy atom. The Morgan fingerprint density at radius 1 is 1.29 bits per heavy atom. The van der Waals surface area contributed by atoms with Crippen LogP contribution in [0.25, 0.3) is 11.4 Å². The van der Waals surface area contributed by atoms with Crippen molar-refractivity contribution < 1.29 is 4.52 Å². The summed E-state index contributed by atoms with van der Waals surface area (Å²) in [6.07, 6.45) is 1.59. The average molecular weight is 418 g/mol. The highest BCUT2D eigenvalue weighted by Gasteiger charge is 2.10. The first kappa shape index (κ1) is 20.4. The number of rotatable bonds is 8. The SMILES string of the molecule is CCNC(=NCCc1nc(-c2cccc(Cl)c2)no1)N(C)CCc1cccs1. The van der Waals surface area contributed by atoms with Crippen LogP contribution >= 0.6 is 22.9 Å². The zero-order valence-electron chi connectivity index (χ0n) is 16.1. The minimum Gasteiger partial charge on any atom is -0.357 e. The Morgan fingerprint density at radius 2 is 2.18 bits per heavy atom. The Balaban J connectivity index is 1.56. The zero-order chi connectivity index (χ0) is 19.8. The van der Waals surface area contributed by atoms with Crippen LogP contribution in [0.2, 0.25) is 5.02 Å². The largest absolute Gasteiger partial charge is 0.357 e. The molecule has 0 aliphatic rings. The van der Waals surface area contributed by atoms with E-state index in [0.29, 0.717) is 29.7 Å². The van der Waals surface area contributed by atoms with Gasteiger partial charge in [0.25, 0.3) is 0 Å². The van der Waals surface area contributed by atoms with Crippen molar-refractivity contribution in [3.05, 3.63) is 57.6 Å². The highest BCUT2D eigenvalue weighted by molar-refractivity contribution is 7.09. The van der Waals surface area contributed by atoms with Crippen molar-refractivity contribution in [1.82, 2.24) is 20.4 Å². The van der Waals surface area contributed by atoms with Gasteiger partial charge in [0, 0.05) is 42.0 Å². The summed E-state index contributed by atoms with van der Waals surface area (Å²) in [5, 5.41) is 10.1. The summed E-state index contributed by atoms with van der Waals surface area (Å²) in [7, 11) is 2.05. The van der Waals surface area contributed by atoms with E-state index in [1.165, 1.54) is 4.88 Å². The molecule has 0 aliphatic heterocycles. The number of benzene rings is 1. The molecular formula is C20H24ClN5OS. The summed E-state index contributed by atoms with van der Waals surface area (Å²) >= 11 is 7.81. The van der Waals surface area contributed by atoms with Crippen molar-refractivity contribution in [3.63, 3.8) is 0 Å². The maximum Gasteiger partial charge on any atom is 0.228 e. The molecule has 148 valence electrons. The molecular weight excluding hydrogens is 394 g/mol. The van der Waals surface area contributed by atoms with E-state index in [4.69, 9.17) is 21.1 Å². The van der Waals surface area contributed by atoms with Crippen molar-refractivity contribution in [1.29, 1.82) is 0 Å². The van der Waals surface area contributed by atoms with Gasteiger partial charge in [-0.2, -0.15) is 4.98 Å². The lowest BCUT2D eigenvalue weighted by atomic mass is 10.2. The molecule has 0 radical (unpaired) electrons. The van der Waals surface area contributed by atoms with Gasteiger partial charge in [0.05, 0.1) is 6.54 Å². The van der Waals surface area contributed by atoms with E-state index in [0.717, 1.165) is 31.0 Å². The average Bonchev–Trinajstić information content (AvgIpc) is 3.37. The number of aromatic nitrogens is 2. The van der Waals surface area contributed by atoms with Gasteiger partial charge in [0.15, 0.2) is 5.96 Å². The summed E-state index contributed by atoms with van der Waals surface area (Å²) in [6.45, 7) is 4.37. The highest BCUT2D eigenvalue weighted by Crippen LogP contribution is 2.20. The van der Waals surface area contributed by atoms with Gasteiger partial charge in [-0.25, -0.2) is 0 Å². The van der Waals surface area contributed by atoms with Gasteiger partial charge in [-0.1, -0.05) is 35.0 Å². The van der Waals surface area contributed by atoms with Gasteiger partial charge >= 0.3 is 0 Å². The van der Waals surface area contributed by atoms with E-state index in [1.54, 1.807) is 11.3 Å². The molecule has 28 heavy (non-hydrogen) atoms. The second-order valence-electron chi connectivity index (χ2n) is 6.26. The summed E-state index contributed by atoms with van der Waals surface area (Å²) in [5.74, 6) is 1.99. The monoisotopic (exact) mass is 417 g/mol. The fraction of sp³-hybridized carbons (Fsp3) is 0.350. The van der Waals surface area contributed by atoms with Gasteiger partial charge in [-0.15, -0.1) is 11.3 Å². The summed E-state index contributed by atoms with van der Waals surface area (Å²) in [6, 6.07) is 11.7. The highest BCUT2D eigenvalue weighted by atomic mass is 35.5. The molecule has 0 saturated heterocycles. The van der Waals surface area contributed by atoms with E-state index in [9.17, 15) is 0 Å². The molecule has 0 unspecified atom stereocenters. The number of aliphatic imine (C=N–C) groups is 1. The fourth-order valence-electron chi connectivity index (χ4n) is 2.67. The second kappa shape index (κ2) is 10.2. The van der Waals surface area contributed by atoms with Crippen LogP contribution in [0.5, 0.6) is 0 Å². The van der Waals surface area contributed by atoms with E-state index in [-0.39, 0.29) is 0 Å². The van der Waals surface area contributed by atoms with Crippen LogP contribution in [0, 0.1) is 0 Å². The second-order valence-corrected chi connectivity index (χ2v) is 7.73. The molecule has 0 fully saturated rings. The first-order valence-corrected chi connectivity index (χ1v) is 10.5. The maximum atomic E-state index is 6.02. The van der Waals surface area contributed by atoms with Crippen molar-refractivity contribution in [2.24, 2.45) is 4.99 Å². The molecule has 0 spiro atoms. The van der Waals surface area contributed by atoms with Crippen LogP contribution in [0.1, 0.15) is 17.7 Å². The molecule has 0 amide bonds. The lowest BCUT2D eigenvalue weighted by Gasteiger charge is -2.21. The normalized spacial score (nSPS) is 11.6. The molecule has 2 aromatic heterocycles. The number of halogens is 1. The predicted octanol–water partition coefficient (Wildman–Crippen LogP) is 4.13. The molecule has 0 aliphatic carbocycles. The predicted molar refractivity (Wildman–Crippen MR) is 115 cm³/mol. The van der Waals surface area contributed by atoms with Gasteiger partial charge < -0.3 is 14.7 Å². The van der Waals surface area contributed by atoms with E-state index >= 15 is 0 Å². The minimum absolute atomic E-state index is 0.543. The lowest BCUT2D eigenvalue weighted by molar-refractivity contribution is 0.380. The minimum atomic E-state index is 0.543. The first-order valence-electron chi connectivity index (χ1n) is 9.26. The maximum absolute atomic E-state index is 6.02. The number of hydrogen-bond donors (Lipinski definition) is 1. The van der Waals surface area contributed by atoms with Crippen LogP contribution in [0.3, 0.4) is 0 Å². The molecule has 2 heterocycles. The third-order valence-electron chi connectivity index (χ3n) is 4.11. The Bertz CT molecular complexity index is 894. The van der Waals surface area contributed by atoms with Crippen molar-refractivity contribution in [2.75, 3.05) is 26.7 Å². The number of guanidine groups is 1. The lowest BCUT2D eigenvalue weighted by Crippen LogP contribution is -2.40. The van der Waals surface area contributed by atoms with Crippen LogP contribution in [0.15, 0.2) is 51.3 Å². The van der Waals surface area contributed by atoms with Crippen LogP contribution in [0.4, 0.5) is 0 Å². The third kappa shape index (κ3) is 5.81. The smallest absolute Gasteiger partial charge is 0.228 e. The van der Waals surface area contributed by atoms with Gasteiger partial charge in [0.1, 0.15) is 0 Å². The van der Waals surface area contributed by atoms with Gasteiger partial charge in [0.2, 0.25) is 11.7 Å². The van der Waals surface area contributed by atoms with E-state index in [1.807, 2.05) is 24.3 Å². The van der Waals surface area contributed by atoms with Crippen molar-refractivity contribution >= 4 is 28.9 Å². The Kier molecular flexibility index (Phi) is 7.45. The van der Waals surface area contributed by atoms with E-state index in [2.05, 4.69) is 51.8 Å². The number of nitrogens with zero attached hydrogens (tertiary/aromatic N) is 4. The molecule has 1 aromatic carbocycles. The molecule has 0 saturated carbocycles. The molecule has 3 rings (SSSR count). The molecule has 0 atom stereocenters. The fourth-order valence-corrected chi connectivity index (χ4v) is 3.56. The zero-order valence-corrected chi connectivity index (χ0v) is 17.6. The Hall–Kier alpha value is -2.38. The van der Waals surface area contributed by atoms with Crippen LogP contribution in [-0.2, 0) is 12.8 Å². The summed E-state index contributed by atoms with van der Waals surface area (Å²) in [4.78, 5) is 12.7. The molecule has 6 nitrogen and oxygen atoms in total. The number of hydrogen-bond acceptors (Lipinski definition) is 5. The number of likely N-dealkylation sites (N-methyl/N-ethyl adjacent to an activating group) is 1. The molecule has 1 N–H and O–H groups in total.